The topological polar surface area (TPSA) is 50.1 Å². The number of halogens is 4. The van der Waals surface area contributed by atoms with E-state index in [0.717, 1.165) is 24.3 Å². The van der Waals surface area contributed by atoms with Crippen molar-refractivity contribution >= 4 is 17.6 Å². The molecule has 2 aromatic rings. The summed E-state index contributed by atoms with van der Waals surface area (Å²) in [5, 5.41) is 9.44. The minimum atomic E-state index is -1.23. The van der Waals surface area contributed by atoms with Crippen LogP contribution in [0, 0.1) is 41.1 Å². The van der Waals surface area contributed by atoms with E-state index in [2.05, 4.69) is 5.92 Å². The second-order valence-electron chi connectivity index (χ2n) is 5.62. The monoisotopic (exact) mass is 391 g/mol. The summed E-state index contributed by atoms with van der Waals surface area (Å²) in [7, 11) is 0. The molecule has 0 amide bonds. The van der Waals surface area contributed by atoms with Crippen LogP contribution in [0.15, 0.2) is 36.4 Å². The van der Waals surface area contributed by atoms with E-state index in [9.17, 15) is 23.2 Å². The van der Waals surface area contributed by atoms with Gasteiger partial charge in [-0.3, -0.25) is 4.79 Å². The maximum absolute atomic E-state index is 14.5. The number of carbonyl (C=O) groups is 1. The van der Waals surface area contributed by atoms with Gasteiger partial charge in [-0.1, -0.05) is 29.7 Å². The first-order valence-corrected chi connectivity index (χ1v) is 8.13. The summed E-state index contributed by atoms with van der Waals surface area (Å²) in [6.07, 6.45) is 4.52. The van der Waals surface area contributed by atoms with E-state index >= 15 is 0 Å². The van der Waals surface area contributed by atoms with Crippen molar-refractivity contribution < 1.29 is 22.7 Å². The maximum atomic E-state index is 14.5. The molecule has 0 N–H and O–H groups in total. The van der Waals surface area contributed by atoms with Gasteiger partial charge in [-0.15, -0.1) is 6.42 Å². The summed E-state index contributed by atoms with van der Waals surface area (Å²) >= 11 is 5.65. The van der Waals surface area contributed by atoms with Crippen molar-refractivity contribution in [2.45, 2.75) is 18.3 Å². The van der Waals surface area contributed by atoms with Crippen LogP contribution in [0.5, 0.6) is 0 Å². The molecule has 2 unspecified atom stereocenters. The standard InChI is InChI=1S/C20H13ClF3NO2/c1-2-7-27-19(26)10-15(20-17(23)8-13(21)9-18(20)24)16(11-25)12-3-5-14(22)6-4-12/h1,3-6,8-9,15-16H,7,10H2. The van der Waals surface area contributed by atoms with Gasteiger partial charge in [0.1, 0.15) is 17.5 Å². The van der Waals surface area contributed by atoms with E-state index in [4.69, 9.17) is 22.8 Å². The van der Waals surface area contributed by atoms with Gasteiger partial charge in [0.2, 0.25) is 0 Å². The van der Waals surface area contributed by atoms with Crippen LogP contribution in [-0.2, 0) is 9.53 Å². The zero-order valence-corrected chi connectivity index (χ0v) is 14.6. The summed E-state index contributed by atoms with van der Waals surface area (Å²) in [6, 6.07) is 8.56. The van der Waals surface area contributed by atoms with Gasteiger partial charge >= 0.3 is 5.97 Å². The lowest BCUT2D eigenvalue weighted by Crippen LogP contribution is -2.19. The number of nitriles is 1. The number of hydrogen-bond acceptors (Lipinski definition) is 3. The van der Waals surface area contributed by atoms with Gasteiger partial charge in [0.15, 0.2) is 6.61 Å². The average Bonchev–Trinajstić information content (AvgIpc) is 2.61. The van der Waals surface area contributed by atoms with Crippen LogP contribution < -0.4 is 0 Å². The van der Waals surface area contributed by atoms with Gasteiger partial charge in [-0.25, -0.2) is 13.2 Å². The molecule has 0 spiro atoms. The lowest BCUT2D eigenvalue weighted by atomic mass is 9.79. The first kappa shape index (κ1) is 20.4. The molecule has 0 saturated heterocycles. The van der Waals surface area contributed by atoms with Crippen molar-refractivity contribution in [3.05, 3.63) is 70.0 Å². The highest BCUT2D eigenvalue weighted by atomic mass is 35.5. The molecule has 2 aromatic carbocycles. The zero-order chi connectivity index (χ0) is 20.0. The highest BCUT2D eigenvalue weighted by Gasteiger charge is 2.32. The van der Waals surface area contributed by atoms with E-state index in [1.165, 1.54) is 12.1 Å². The Morgan fingerprint density at radius 3 is 2.30 bits per heavy atom. The molecule has 2 atom stereocenters. The number of terminal acetylenes is 1. The van der Waals surface area contributed by atoms with Crippen molar-refractivity contribution in [1.29, 1.82) is 5.26 Å². The fourth-order valence-corrected chi connectivity index (χ4v) is 2.91. The molecule has 0 radical (unpaired) electrons. The van der Waals surface area contributed by atoms with Crippen molar-refractivity contribution in [2.75, 3.05) is 6.61 Å². The van der Waals surface area contributed by atoms with Crippen molar-refractivity contribution in [3.8, 4) is 18.4 Å². The van der Waals surface area contributed by atoms with Crippen molar-refractivity contribution in [1.82, 2.24) is 0 Å². The molecule has 7 heteroatoms. The second-order valence-corrected chi connectivity index (χ2v) is 6.05. The Hall–Kier alpha value is -2.96. The second kappa shape index (κ2) is 9.12. The lowest BCUT2D eigenvalue weighted by Gasteiger charge is -2.23. The average molecular weight is 392 g/mol. The van der Waals surface area contributed by atoms with Crippen LogP contribution in [0.2, 0.25) is 5.02 Å². The largest absolute Gasteiger partial charge is 0.452 e. The molecule has 27 heavy (non-hydrogen) atoms. The van der Waals surface area contributed by atoms with Crippen LogP contribution in [0.4, 0.5) is 13.2 Å². The molecule has 0 aliphatic carbocycles. The molecular weight excluding hydrogens is 379 g/mol. The van der Waals surface area contributed by atoms with Crippen LogP contribution in [-0.4, -0.2) is 12.6 Å². The van der Waals surface area contributed by atoms with E-state index < -0.39 is 47.2 Å². The molecule has 0 heterocycles. The number of rotatable bonds is 6. The summed E-state index contributed by atoms with van der Waals surface area (Å²) in [5.41, 5.74) is -0.185. The number of nitrogens with zero attached hydrogens (tertiary/aromatic N) is 1. The minimum Gasteiger partial charge on any atom is -0.452 e. The predicted octanol–water partition coefficient (Wildman–Crippen LogP) is 4.71. The fraction of sp³-hybridized carbons (Fsp3) is 0.200. The number of esters is 1. The maximum Gasteiger partial charge on any atom is 0.307 e. The summed E-state index contributed by atoms with van der Waals surface area (Å²) in [4.78, 5) is 12.0. The summed E-state index contributed by atoms with van der Waals surface area (Å²) in [5.74, 6) is -3.64. The highest BCUT2D eigenvalue weighted by molar-refractivity contribution is 6.30. The molecule has 0 aromatic heterocycles. The van der Waals surface area contributed by atoms with Gasteiger partial charge in [0.25, 0.3) is 0 Å². The molecule has 0 aliphatic rings. The van der Waals surface area contributed by atoms with E-state index in [-0.39, 0.29) is 11.6 Å². The summed E-state index contributed by atoms with van der Waals surface area (Å²) < 4.78 is 46.9. The number of benzene rings is 2. The SMILES string of the molecule is C#CCOC(=O)CC(c1c(F)cc(Cl)cc1F)C(C#N)c1ccc(F)cc1. The van der Waals surface area contributed by atoms with E-state index in [1.54, 1.807) is 0 Å². The molecule has 0 saturated carbocycles. The van der Waals surface area contributed by atoms with Gasteiger partial charge in [-0.2, -0.15) is 5.26 Å². The Morgan fingerprint density at radius 2 is 1.78 bits per heavy atom. The lowest BCUT2D eigenvalue weighted by molar-refractivity contribution is -0.142. The van der Waals surface area contributed by atoms with Crippen LogP contribution in [0.3, 0.4) is 0 Å². The number of carbonyl (C=O) groups excluding carboxylic acids is 1. The minimum absolute atomic E-state index is 0.169. The Balaban J connectivity index is 2.52. The Morgan fingerprint density at radius 1 is 1.19 bits per heavy atom. The third-order valence-electron chi connectivity index (χ3n) is 3.89. The van der Waals surface area contributed by atoms with Crippen molar-refractivity contribution in [3.63, 3.8) is 0 Å². The normalized spacial score (nSPS) is 12.5. The van der Waals surface area contributed by atoms with Gasteiger partial charge < -0.3 is 4.74 Å². The molecule has 0 fully saturated rings. The number of hydrogen-bond donors (Lipinski definition) is 0. The van der Waals surface area contributed by atoms with E-state index in [0.29, 0.717) is 5.56 Å². The third-order valence-corrected chi connectivity index (χ3v) is 4.11. The number of ether oxygens (including phenoxy) is 1. The van der Waals surface area contributed by atoms with Gasteiger partial charge in [0, 0.05) is 16.5 Å². The molecule has 2 rings (SSSR count). The molecule has 0 aliphatic heterocycles. The first-order valence-electron chi connectivity index (χ1n) is 7.76. The van der Waals surface area contributed by atoms with Crippen LogP contribution in [0.25, 0.3) is 0 Å². The van der Waals surface area contributed by atoms with Gasteiger partial charge in [-0.05, 0) is 29.8 Å². The van der Waals surface area contributed by atoms with Crippen LogP contribution in [0.1, 0.15) is 29.4 Å². The first-order chi connectivity index (χ1) is 12.9. The van der Waals surface area contributed by atoms with Gasteiger partial charge in [0.05, 0.1) is 18.4 Å². The van der Waals surface area contributed by atoms with Crippen LogP contribution >= 0.6 is 11.6 Å². The molecular formula is C20H13ClF3NO2. The van der Waals surface area contributed by atoms with Crippen molar-refractivity contribution in [2.24, 2.45) is 0 Å². The molecule has 0 bridgehead atoms. The quantitative estimate of drug-likeness (QED) is 0.529. The predicted molar refractivity (Wildman–Crippen MR) is 93.3 cm³/mol. The molecule has 138 valence electrons. The smallest absolute Gasteiger partial charge is 0.307 e. The molecule has 3 nitrogen and oxygen atoms in total. The van der Waals surface area contributed by atoms with E-state index in [1.807, 2.05) is 6.07 Å². The summed E-state index contributed by atoms with van der Waals surface area (Å²) in [6.45, 7) is -0.315. The highest BCUT2D eigenvalue weighted by Crippen LogP contribution is 2.39. The fourth-order valence-electron chi connectivity index (χ4n) is 2.72. The Labute approximate surface area is 159 Å². The third kappa shape index (κ3) is 5.03. The zero-order valence-electron chi connectivity index (χ0n) is 13.9. The Bertz CT molecular complexity index is 893. The Kier molecular flexibility index (Phi) is 6.87.